The van der Waals surface area contributed by atoms with E-state index in [9.17, 15) is 9.90 Å². The maximum atomic E-state index is 10.9. The average molecular weight is 260 g/mol. The molecule has 0 spiro atoms. The van der Waals surface area contributed by atoms with Gasteiger partial charge in [0, 0.05) is 12.5 Å². The largest absolute Gasteiger partial charge is 0.478 e. The number of benzene rings is 1. The predicted molar refractivity (Wildman–Crippen MR) is 70.0 cm³/mol. The van der Waals surface area contributed by atoms with Crippen LogP contribution in [0.15, 0.2) is 24.5 Å². The second kappa shape index (κ2) is 4.66. The van der Waals surface area contributed by atoms with E-state index in [1.54, 1.807) is 24.5 Å². The van der Waals surface area contributed by atoms with Gasteiger partial charge in [0.15, 0.2) is 0 Å². The van der Waals surface area contributed by atoms with Crippen molar-refractivity contribution in [3.8, 4) is 0 Å². The number of nitrogens with zero attached hydrogens (tertiary/aromatic N) is 2. The molecule has 0 saturated heterocycles. The minimum Gasteiger partial charge on any atom is -0.478 e. The van der Waals surface area contributed by atoms with Gasteiger partial charge < -0.3 is 14.8 Å². The topological polar surface area (TPSA) is 75.3 Å². The summed E-state index contributed by atoms with van der Waals surface area (Å²) in [5, 5.41) is 18.8. The second-order valence-corrected chi connectivity index (χ2v) is 5.16. The van der Waals surface area contributed by atoms with Gasteiger partial charge in [0.05, 0.1) is 29.0 Å². The first-order valence-electron chi connectivity index (χ1n) is 6.51. The molecule has 0 radical (unpaired) electrons. The maximum absolute atomic E-state index is 10.9. The lowest BCUT2D eigenvalue weighted by Gasteiger charge is -2.15. The number of carbonyl (C=O) groups is 1. The van der Waals surface area contributed by atoms with Gasteiger partial charge in [-0.2, -0.15) is 0 Å². The molecule has 2 atom stereocenters. The zero-order valence-electron chi connectivity index (χ0n) is 10.5. The number of hydrogen-bond acceptors (Lipinski definition) is 3. The number of imidazole rings is 1. The van der Waals surface area contributed by atoms with E-state index in [0.29, 0.717) is 5.52 Å². The van der Waals surface area contributed by atoms with E-state index < -0.39 is 5.97 Å². The molecular formula is C14H16N2O3. The Morgan fingerprint density at radius 2 is 2.26 bits per heavy atom. The van der Waals surface area contributed by atoms with Gasteiger partial charge in [0.2, 0.25) is 0 Å². The van der Waals surface area contributed by atoms with Crippen LogP contribution in [0.5, 0.6) is 0 Å². The van der Waals surface area contributed by atoms with Crippen molar-refractivity contribution < 1.29 is 15.0 Å². The molecular weight excluding hydrogens is 244 g/mol. The van der Waals surface area contributed by atoms with Crippen LogP contribution in [-0.2, 0) is 6.54 Å². The number of fused-ring (bicyclic) bond motifs is 1. The van der Waals surface area contributed by atoms with Crippen LogP contribution < -0.4 is 0 Å². The standard InChI is InChI=1S/C14H16N2O3/c17-13-3-1-2-10(13)7-16-8-15-11-6-9(14(18)19)4-5-12(11)16/h4-6,8,10,13,17H,1-3,7H2,(H,18,19). The van der Waals surface area contributed by atoms with E-state index in [0.717, 1.165) is 31.3 Å². The van der Waals surface area contributed by atoms with Gasteiger partial charge in [-0.25, -0.2) is 9.78 Å². The first kappa shape index (κ1) is 12.2. The van der Waals surface area contributed by atoms with Gasteiger partial charge in [0.25, 0.3) is 0 Å². The highest BCUT2D eigenvalue weighted by molar-refractivity contribution is 5.92. The summed E-state index contributed by atoms with van der Waals surface area (Å²) in [6.45, 7) is 0.740. The summed E-state index contributed by atoms with van der Waals surface area (Å²) in [4.78, 5) is 15.2. The van der Waals surface area contributed by atoms with Gasteiger partial charge in [-0.1, -0.05) is 6.42 Å². The molecule has 19 heavy (non-hydrogen) atoms. The van der Waals surface area contributed by atoms with Crippen LogP contribution in [0.2, 0.25) is 0 Å². The quantitative estimate of drug-likeness (QED) is 0.883. The summed E-state index contributed by atoms with van der Waals surface area (Å²) in [5.41, 5.74) is 1.86. The Kier molecular flexibility index (Phi) is 2.98. The SMILES string of the molecule is O=C(O)c1ccc2c(c1)ncn2CC1CCCC1O. The molecule has 1 fully saturated rings. The molecule has 0 aliphatic heterocycles. The molecule has 1 aromatic carbocycles. The Balaban J connectivity index is 1.90. The fraction of sp³-hybridized carbons (Fsp3) is 0.429. The summed E-state index contributed by atoms with van der Waals surface area (Å²) in [6.07, 6.45) is 4.48. The van der Waals surface area contributed by atoms with Gasteiger partial charge in [-0.05, 0) is 31.0 Å². The van der Waals surface area contributed by atoms with Crippen LogP contribution >= 0.6 is 0 Å². The van der Waals surface area contributed by atoms with Gasteiger partial charge in [-0.15, -0.1) is 0 Å². The molecule has 1 saturated carbocycles. The average Bonchev–Trinajstić information content (AvgIpc) is 2.97. The predicted octanol–water partition coefficient (Wildman–Crippen LogP) is 1.90. The van der Waals surface area contributed by atoms with E-state index in [4.69, 9.17) is 5.11 Å². The van der Waals surface area contributed by atoms with Crippen molar-refractivity contribution in [3.05, 3.63) is 30.1 Å². The summed E-state index contributed by atoms with van der Waals surface area (Å²) in [6, 6.07) is 4.96. The van der Waals surface area contributed by atoms with E-state index in [1.807, 2.05) is 4.57 Å². The monoisotopic (exact) mass is 260 g/mol. The molecule has 5 heteroatoms. The molecule has 1 aromatic heterocycles. The Labute approximate surface area is 110 Å². The molecule has 100 valence electrons. The van der Waals surface area contributed by atoms with Crippen molar-refractivity contribution in [2.24, 2.45) is 5.92 Å². The molecule has 1 heterocycles. The first-order valence-corrected chi connectivity index (χ1v) is 6.51. The number of aliphatic hydroxyl groups excluding tert-OH is 1. The van der Waals surface area contributed by atoms with Crippen molar-refractivity contribution in [1.29, 1.82) is 0 Å². The lowest BCUT2D eigenvalue weighted by atomic mass is 10.1. The molecule has 2 unspecified atom stereocenters. The van der Waals surface area contributed by atoms with Crippen molar-refractivity contribution in [1.82, 2.24) is 9.55 Å². The molecule has 3 rings (SSSR count). The molecule has 0 bridgehead atoms. The Morgan fingerprint density at radius 3 is 2.95 bits per heavy atom. The van der Waals surface area contributed by atoms with E-state index in [-0.39, 0.29) is 17.6 Å². The molecule has 1 aliphatic carbocycles. The lowest BCUT2D eigenvalue weighted by molar-refractivity contribution is 0.0697. The molecule has 2 N–H and O–H groups in total. The molecule has 2 aromatic rings. The molecule has 5 nitrogen and oxygen atoms in total. The Bertz CT molecular complexity index is 620. The Morgan fingerprint density at radius 1 is 1.42 bits per heavy atom. The lowest BCUT2D eigenvalue weighted by Crippen LogP contribution is -2.18. The van der Waals surface area contributed by atoms with Crippen LogP contribution in [0.25, 0.3) is 11.0 Å². The molecule has 1 aliphatic rings. The zero-order chi connectivity index (χ0) is 13.4. The smallest absolute Gasteiger partial charge is 0.335 e. The van der Waals surface area contributed by atoms with Crippen LogP contribution in [0.4, 0.5) is 0 Å². The van der Waals surface area contributed by atoms with Crippen LogP contribution in [0.1, 0.15) is 29.6 Å². The van der Waals surface area contributed by atoms with Gasteiger partial charge in [-0.3, -0.25) is 0 Å². The highest BCUT2D eigenvalue weighted by Crippen LogP contribution is 2.28. The number of aliphatic hydroxyl groups is 1. The minimum absolute atomic E-state index is 0.226. The number of carboxylic acids is 1. The maximum Gasteiger partial charge on any atom is 0.335 e. The second-order valence-electron chi connectivity index (χ2n) is 5.16. The molecule has 0 amide bonds. The summed E-state index contributed by atoms with van der Waals surface area (Å²) in [5.74, 6) is -0.667. The van der Waals surface area contributed by atoms with Crippen LogP contribution in [-0.4, -0.2) is 31.8 Å². The number of hydrogen-bond donors (Lipinski definition) is 2. The van der Waals surface area contributed by atoms with Crippen LogP contribution in [0.3, 0.4) is 0 Å². The van der Waals surface area contributed by atoms with E-state index in [2.05, 4.69) is 4.98 Å². The normalized spacial score (nSPS) is 23.0. The minimum atomic E-state index is -0.942. The fourth-order valence-corrected chi connectivity index (χ4v) is 2.83. The van der Waals surface area contributed by atoms with Crippen molar-refractivity contribution in [3.63, 3.8) is 0 Å². The number of aromatic nitrogens is 2. The highest BCUT2D eigenvalue weighted by atomic mass is 16.4. The number of aromatic carboxylic acids is 1. The van der Waals surface area contributed by atoms with Crippen LogP contribution in [0, 0.1) is 5.92 Å². The third-order valence-electron chi connectivity index (χ3n) is 3.92. The van der Waals surface area contributed by atoms with E-state index in [1.165, 1.54) is 0 Å². The third kappa shape index (κ3) is 2.21. The van der Waals surface area contributed by atoms with E-state index >= 15 is 0 Å². The summed E-state index contributed by atoms with van der Waals surface area (Å²) in [7, 11) is 0. The summed E-state index contributed by atoms with van der Waals surface area (Å²) < 4.78 is 2.00. The van der Waals surface area contributed by atoms with Crippen molar-refractivity contribution >= 4 is 17.0 Å². The first-order chi connectivity index (χ1) is 9.15. The summed E-state index contributed by atoms with van der Waals surface area (Å²) >= 11 is 0. The number of rotatable bonds is 3. The van der Waals surface area contributed by atoms with Gasteiger partial charge >= 0.3 is 5.97 Å². The van der Waals surface area contributed by atoms with Crippen molar-refractivity contribution in [2.45, 2.75) is 31.9 Å². The van der Waals surface area contributed by atoms with Crippen molar-refractivity contribution in [2.75, 3.05) is 0 Å². The third-order valence-corrected chi connectivity index (χ3v) is 3.92. The van der Waals surface area contributed by atoms with Gasteiger partial charge in [0.1, 0.15) is 0 Å². The Hall–Kier alpha value is -1.88. The number of carboxylic acid groups (broad SMARTS) is 1. The fourth-order valence-electron chi connectivity index (χ4n) is 2.83. The zero-order valence-corrected chi connectivity index (χ0v) is 10.5. The highest BCUT2D eigenvalue weighted by Gasteiger charge is 2.25.